The van der Waals surface area contributed by atoms with Gasteiger partial charge in [-0.2, -0.15) is 0 Å². The maximum absolute atomic E-state index is 5.40. The number of nitrogens with one attached hydrogen (secondary N) is 1. The molecule has 0 bridgehead atoms. The molecule has 7 nitrogen and oxygen atoms in total. The second kappa shape index (κ2) is 9.92. The molecule has 1 aromatic heterocycles. The molecule has 2 saturated heterocycles. The van der Waals surface area contributed by atoms with Gasteiger partial charge < -0.3 is 19.5 Å². The van der Waals surface area contributed by atoms with Crippen LogP contribution in [0.15, 0.2) is 23.7 Å². The van der Waals surface area contributed by atoms with E-state index in [-0.39, 0.29) is 0 Å². The summed E-state index contributed by atoms with van der Waals surface area (Å²) in [6, 6.07) is 0.464. The minimum Gasteiger partial charge on any atom is -0.379 e. The van der Waals surface area contributed by atoms with Gasteiger partial charge in [0.25, 0.3) is 0 Å². The topological polar surface area (TPSA) is 57.9 Å². The Morgan fingerprint density at radius 3 is 2.85 bits per heavy atom. The van der Waals surface area contributed by atoms with Crippen molar-refractivity contribution >= 4 is 5.96 Å². The lowest BCUT2D eigenvalue weighted by Gasteiger charge is -2.39. The van der Waals surface area contributed by atoms with Crippen molar-refractivity contribution in [2.75, 3.05) is 59.5 Å². The van der Waals surface area contributed by atoms with Crippen LogP contribution in [0.4, 0.5) is 0 Å². The Balaban J connectivity index is 1.40. The maximum Gasteiger partial charge on any atom is 0.193 e. The largest absolute Gasteiger partial charge is 0.379 e. The van der Waals surface area contributed by atoms with E-state index >= 15 is 0 Å². The van der Waals surface area contributed by atoms with Gasteiger partial charge in [0.1, 0.15) is 0 Å². The number of aromatic nitrogens is 2. The highest BCUT2D eigenvalue weighted by Gasteiger charge is 2.28. The first-order valence-electron chi connectivity index (χ1n) is 10.0. The molecule has 2 fully saturated rings. The monoisotopic (exact) mass is 362 g/mol. The van der Waals surface area contributed by atoms with Gasteiger partial charge in [-0.15, -0.1) is 0 Å². The first-order valence-corrected chi connectivity index (χ1v) is 10.0. The normalized spacial score (nSPS) is 25.5. The highest BCUT2D eigenvalue weighted by atomic mass is 16.5. The van der Waals surface area contributed by atoms with E-state index in [1.54, 1.807) is 0 Å². The van der Waals surface area contributed by atoms with Gasteiger partial charge in [-0.1, -0.05) is 6.92 Å². The lowest BCUT2D eigenvalue weighted by molar-refractivity contribution is 0.0372. The van der Waals surface area contributed by atoms with Crippen LogP contribution in [0.2, 0.25) is 0 Å². The number of ether oxygens (including phenoxy) is 1. The third-order valence-electron chi connectivity index (χ3n) is 5.63. The molecule has 2 unspecified atom stereocenters. The summed E-state index contributed by atoms with van der Waals surface area (Å²) in [7, 11) is 1.89. The zero-order valence-electron chi connectivity index (χ0n) is 16.3. The van der Waals surface area contributed by atoms with Gasteiger partial charge in [0.05, 0.1) is 25.6 Å². The van der Waals surface area contributed by atoms with Gasteiger partial charge in [-0.3, -0.25) is 9.89 Å². The summed E-state index contributed by atoms with van der Waals surface area (Å²) in [5.41, 5.74) is 0. The Labute approximate surface area is 157 Å². The minimum absolute atomic E-state index is 0.464. The number of hydrogen-bond acceptors (Lipinski definition) is 4. The fraction of sp³-hybridized carbons (Fsp3) is 0.789. The third kappa shape index (κ3) is 5.20. The van der Waals surface area contributed by atoms with Crippen LogP contribution in [0.1, 0.15) is 32.2 Å². The molecule has 0 radical (unpaired) electrons. The number of aliphatic imine (C=N–C) groups is 1. The Morgan fingerprint density at radius 1 is 1.27 bits per heavy atom. The Hall–Kier alpha value is -1.60. The average Bonchev–Trinajstić information content (AvgIpc) is 3.21. The zero-order chi connectivity index (χ0) is 18.2. The molecule has 1 aromatic rings. The van der Waals surface area contributed by atoms with Crippen molar-refractivity contribution in [2.45, 2.75) is 32.2 Å². The number of guanidine groups is 1. The van der Waals surface area contributed by atoms with Gasteiger partial charge in [0.2, 0.25) is 0 Å². The lowest BCUT2D eigenvalue weighted by Crippen LogP contribution is -2.49. The van der Waals surface area contributed by atoms with E-state index in [4.69, 9.17) is 4.74 Å². The molecule has 2 atom stereocenters. The summed E-state index contributed by atoms with van der Waals surface area (Å²) in [4.78, 5) is 13.6. The van der Waals surface area contributed by atoms with Crippen LogP contribution in [-0.4, -0.2) is 84.8 Å². The lowest BCUT2D eigenvalue weighted by atomic mass is 9.93. The van der Waals surface area contributed by atoms with E-state index in [2.05, 4.69) is 42.8 Å². The number of rotatable bonds is 6. The molecule has 26 heavy (non-hydrogen) atoms. The van der Waals surface area contributed by atoms with Crippen molar-refractivity contribution < 1.29 is 4.74 Å². The van der Waals surface area contributed by atoms with Gasteiger partial charge in [-0.05, 0) is 31.7 Å². The van der Waals surface area contributed by atoms with E-state index in [9.17, 15) is 0 Å². The van der Waals surface area contributed by atoms with E-state index < -0.39 is 0 Å². The number of piperidine rings is 1. The smallest absolute Gasteiger partial charge is 0.193 e. The van der Waals surface area contributed by atoms with E-state index in [0.717, 1.165) is 51.9 Å². The van der Waals surface area contributed by atoms with E-state index in [0.29, 0.717) is 12.0 Å². The predicted molar refractivity (Wildman–Crippen MR) is 104 cm³/mol. The second-order valence-corrected chi connectivity index (χ2v) is 7.42. The molecule has 0 saturated carbocycles. The number of likely N-dealkylation sites (tertiary alicyclic amines) is 1. The van der Waals surface area contributed by atoms with Crippen LogP contribution in [0.3, 0.4) is 0 Å². The summed E-state index contributed by atoms with van der Waals surface area (Å²) in [5.74, 6) is 1.69. The SMILES string of the molecule is CN=C(NCCCCN1CCOCC1)N1CCC(C)C(n2ccnc2)C1. The molecule has 0 aromatic carbocycles. The first-order chi connectivity index (χ1) is 12.8. The number of morpholine rings is 1. The molecule has 0 aliphatic carbocycles. The quantitative estimate of drug-likeness (QED) is 0.472. The van der Waals surface area contributed by atoms with Gasteiger partial charge in [0, 0.05) is 52.2 Å². The third-order valence-corrected chi connectivity index (χ3v) is 5.63. The van der Waals surface area contributed by atoms with Crippen LogP contribution in [-0.2, 0) is 4.74 Å². The highest BCUT2D eigenvalue weighted by Crippen LogP contribution is 2.27. The van der Waals surface area contributed by atoms with Gasteiger partial charge in [0.15, 0.2) is 5.96 Å². The van der Waals surface area contributed by atoms with Crippen LogP contribution >= 0.6 is 0 Å². The number of unbranched alkanes of at least 4 members (excludes halogenated alkanes) is 1. The summed E-state index contributed by atoms with van der Waals surface area (Å²) < 4.78 is 7.64. The zero-order valence-corrected chi connectivity index (χ0v) is 16.3. The molecule has 3 rings (SSSR count). The molecular weight excluding hydrogens is 328 g/mol. The minimum atomic E-state index is 0.464. The number of imidazole rings is 1. The predicted octanol–water partition coefficient (Wildman–Crippen LogP) is 1.45. The van der Waals surface area contributed by atoms with Crippen molar-refractivity contribution in [3.05, 3.63) is 18.7 Å². The molecule has 0 spiro atoms. The van der Waals surface area contributed by atoms with Crippen molar-refractivity contribution in [2.24, 2.45) is 10.9 Å². The molecule has 146 valence electrons. The van der Waals surface area contributed by atoms with E-state index in [1.807, 2.05) is 19.6 Å². The molecule has 3 heterocycles. The second-order valence-electron chi connectivity index (χ2n) is 7.42. The average molecular weight is 363 g/mol. The summed E-state index contributed by atoms with van der Waals surface area (Å²) in [5, 5.41) is 3.57. The van der Waals surface area contributed by atoms with Crippen molar-refractivity contribution in [3.63, 3.8) is 0 Å². The Bertz CT molecular complexity index is 540. The standard InChI is InChI=1S/C19H34N6O/c1-17-5-9-24(15-18(17)25-10-7-21-16-25)19(20-2)22-6-3-4-8-23-11-13-26-14-12-23/h7,10,16-18H,3-6,8-9,11-15H2,1-2H3,(H,20,22). The first kappa shape index (κ1) is 19.2. The van der Waals surface area contributed by atoms with Crippen molar-refractivity contribution in [1.82, 2.24) is 24.7 Å². The van der Waals surface area contributed by atoms with E-state index in [1.165, 1.54) is 25.8 Å². The Kier molecular flexibility index (Phi) is 7.32. The molecule has 7 heteroatoms. The van der Waals surface area contributed by atoms with Crippen LogP contribution in [0.5, 0.6) is 0 Å². The highest BCUT2D eigenvalue weighted by molar-refractivity contribution is 5.80. The number of nitrogens with zero attached hydrogens (tertiary/aromatic N) is 5. The molecular formula is C19H34N6O. The molecule has 2 aliphatic heterocycles. The summed E-state index contributed by atoms with van der Waals surface area (Å²) in [6.45, 7) is 10.5. The van der Waals surface area contributed by atoms with Gasteiger partial charge >= 0.3 is 0 Å². The fourth-order valence-electron chi connectivity index (χ4n) is 3.91. The van der Waals surface area contributed by atoms with Crippen LogP contribution < -0.4 is 5.32 Å². The van der Waals surface area contributed by atoms with Crippen molar-refractivity contribution in [3.8, 4) is 0 Å². The summed E-state index contributed by atoms with van der Waals surface area (Å²) in [6.07, 6.45) is 9.46. The van der Waals surface area contributed by atoms with Gasteiger partial charge in [-0.25, -0.2) is 4.98 Å². The van der Waals surface area contributed by atoms with Crippen LogP contribution in [0, 0.1) is 5.92 Å². The molecule has 0 amide bonds. The van der Waals surface area contributed by atoms with Crippen molar-refractivity contribution in [1.29, 1.82) is 0 Å². The van der Waals surface area contributed by atoms with Crippen LogP contribution in [0.25, 0.3) is 0 Å². The molecule has 2 aliphatic rings. The molecule has 1 N–H and O–H groups in total. The summed E-state index contributed by atoms with van der Waals surface area (Å²) >= 11 is 0. The number of hydrogen-bond donors (Lipinski definition) is 1. The Morgan fingerprint density at radius 2 is 2.12 bits per heavy atom. The fourth-order valence-corrected chi connectivity index (χ4v) is 3.91. The maximum atomic E-state index is 5.40.